The van der Waals surface area contributed by atoms with E-state index < -0.39 is 16.1 Å². The molecule has 0 radical (unpaired) electrons. The maximum absolute atomic E-state index is 11.9. The molecule has 0 saturated carbocycles. The lowest BCUT2D eigenvalue weighted by atomic mass is 10.1. The Hall–Kier alpha value is -1.95. The third-order valence-electron chi connectivity index (χ3n) is 3.14. The van der Waals surface area contributed by atoms with Gasteiger partial charge in [-0.3, -0.25) is 19.7 Å². The van der Waals surface area contributed by atoms with Gasteiger partial charge in [0, 0.05) is 25.1 Å². The number of hydrogen-bond donors (Lipinski definition) is 0. The predicted octanol–water partition coefficient (Wildman–Crippen LogP) is 2.02. The zero-order valence-corrected chi connectivity index (χ0v) is 10.9. The van der Waals surface area contributed by atoms with Gasteiger partial charge in [0.05, 0.1) is 16.5 Å². The standard InChI is InChI=1S/C12H11ClN2O4/c1-7-2-3-9(15(18)19)5-10(7)14-6-8(12(13)17)4-11(14)16/h2-3,5,8H,4,6H2,1H3/t8-/m1/s1. The van der Waals surface area contributed by atoms with Gasteiger partial charge < -0.3 is 4.90 Å². The minimum absolute atomic E-state index is 0.0461. The highest BCUT2D eigenvalue weighted by atomic mass is 35.5. The van der Waals surface area contributed by atoms with Crippen molar-refractivity contribution in [1.82, 2.24) is 0 Å². The zero-order chi connectivity index (χ0) is 14.2. The van der Waals surface area contributed by atoms with Crippen LogP contribution in [0.3, 0.4) is 0 Å². The number of amides is 1. The molecule has 6 nitrogen and oxygen atoms in total. The molecule has 19 heavy (non-hydrogen) atoms. The number of benzene rings is 1. The van der Waals surface area contributed by atoms with Crippen molar-refractivity contribution in [2.75, 3.05) is 11.4 Å². The largest absolute Gasteiger partial charge is 0.311 e. The van der Waals surface area contributed by atoms with Gasteiger partial charge in [0.25, 0.3) is 5.69 Å². The van der Waals surface area contributed by atoms with E-state index in [1.165, 1.54) is 17.0 Å². The van der Waals surface area contributed by atoms with Gasteiger partial charge in [-0.25, -0.2) is 0 Å². The average Bonchev–Trinajstić information content (AvgIpc) is 2.72. The highest BCUT2D eigenvalue weighted by Gasteiger charge is 2.35. The van der Waals surface area contributed by atoms with E-state index in [9.17, 15) is 19.7 Å². The molecule has 1 aliphatic rings. The van der Waals surface area contributed by atoms with Crippen LogP contribution in [-0.2, 0) is 9.59 Å². The molecule has 1 fully saturated rings. The van der Waals surface area contributed by atoms with Crippen LogP contribution < -0.4 is 4.90 Å². The Bertz CT molecular complexity index is 573. The van der Waals surface area contributed by atoms with E-state index in [-0.39, 0.29) is 24.6 Å². The van der Waals surface area contributed by atoms with Crippen LogP contribution in [0.15, 0.2) is 18.2 Å². The smallest absolute Gasteiger partial charge is 0.271 e. The molecule has 1 atom stereocenters. The van der Waals surface area contributed by atoms with Crippen molar-refractivity contribution in [3.8, 4) is 0 Å². The molecule has 0 aliphatic carbocycles. The number of aryl methyl sites for hydroxylation is 1. The summed E-state index contributed by atoms with van der Waals surface area (Å²) in [6.45, 7) is 1.92. The topological polar surface area (TPSA) is 80.5 Å². The minimum Gasteiger partial charge on any atom is -0.311 e. The van der Waals surface area contributed by atoms with Gasteiger partial charge in [0.15, 0.2) is 0 Å². The molecule has 1 aromatic carbocycles. The molecule has 1 saturated heterocycles. The van der Waals surface area contributed by atoms with E-state index in [0.29, 0.717) is 5.69 Å². The first-order valence-corrected chi connectivity index (χ1v) is 6.02. The SMILES string of the molecule is Cc1ccc([N+](=O)[O-])cc1N1C[C@H](C(=O)Cl)CC1=O. The number of nitro benzene ring substituents is 1. The molecule has 0 N–H and O–H groups in total. The van der Waals surface area contributed by atoms with Crippen LogP contribution in [-0.4, -0.2) is 22.6 Å². The van der Waals surface area contributed by atoms with Crippen LogP contribution in [0.1, 0.15) is 12.0 Å². The van der Waals surface area contributed by atoms with Gasteiger partial charge in [-0.15, -0.1) is 0 Å². The molecule has 0 unspecified atom stereocenters. The van der Waals surface area contributed by atoms with Crippen LogP contribution in [0.2, 0.25) is 0 Å². The van der Waals surface area contributed by atoms with Crippen molar-refractivity contribution in [1.29, 1.82) is 0 Å². The van der Waals surface area contributed by atoms with E-state index in [0.717, 1.165) is 5.56 Å². The van der Waals surface area contributed by atoms with Crippen molar-refractivity contribution in [2.45, 2.75) is 13.3 Å². The molecular weight excluding hydrogens is 272 g/mol. The molecule has 0 spiro atoms. The predicted molar refractivity (Wildman–Crippen MR) is 69.2 cm³/mol. The third-order valence-corrected chi connectivity index (χ3v) is 3.45. The summed E-state index contributed by atoms with van der Waals surface area (Å²) in [5, 5.41) is 10.2. The zero-order valence-electron chi connectivity index (χ0n) is 10.1. The van der Waals surface area contributed by atoms with Crippen molar-refractivity contribution in [2.24, 2.45) is 5.92 Å². The molecule has 2 rings (SSSR count). The maximum Gasteiger partial charge on any atom is 0.271 e. The lowest BCUT2D eigenvalue weighted by Gasteiger charge is -2.18. The molecule has 1 aliphatic heterocycles. The Morgan fingerprint density at radius 3 is 2.74 bits per heavy atom. The van der Waals surface area contributed by atoms with Gasteiger partial charge >= 0.3 is 0 Å². The number of nitrogens with zero attached hydrogens (tertiary/aromatic N) is 2. The van der Waals surface area contributed by atoms with Gasteiger partial charge in [-0.2, -0.15) is 0 Å². The number of carbonyl (C=O) groups is 2. The van der Waals surface area contributed by atoms with E-state index >= 15 is 0 Å². The first kappa shape index (κ1) is 13.5. The number of halogens is 1. The molecule has 0 aromatic heterocycles. The van der Waals surface area contributed by atoms with Crippen LogP contribution >= 0.6 is 11.6 Å². The number of non-ortho nitro benzene ring substituents is 1. The summed E-state index contributed by atoms with van der Waals surface area (Å²) in [5.41, 5.74) is 1.11. The Kier molecular flexibility index (Phi) is 3.53. The van der Waals surface area contributed by atoms with Crippen LogP contribution in [0.4, 0.5) is 11.4 Å². The lowest BCUT2D eigenvalue weighted by molar-refractivity contribution is -0.384. The minimum atomic E-state index is -0.557. The van der Waals surface area contributed by atoms with E-state index in [4.69, 9.17) is 11.6 Å². The van der Waals surface area contributed by atoms with E-state index in [1.54, 1.807) is 13.0 Å². The van der Waals surface area contributed by atoms with E-state index in [1.807, 2.05) is 0 Å². The summed E-state index contributed by atoms with van der Waals surface area (Å²) in [7, 11) is 0. The molecular formula is C12H11ClN2O4. The monoisotopic (exact) mass is 282 g/mol. The second-order valence-corrected chi connectivity index (χ2v) is 4.81. The normalized spacial score (nSPS) is 18.7. The third kappa shape index (κ3) is 2.58. The summed E-state index contributed by atoms with van der Waals surface area (Å²) in [4.78, 5) is 34.6. The van der Waals surface area contributed by atoms with Crippen molar-refractivity contribution < 1.29 is 14.5 Å². The van der Waals surface area contributed by atoms with Crippen molar-refractivity contribution >= 4 is 34.1 Å². The van der Waals surface area contributed by atoms with Gasteiger partial charge in [-0.1, -0.05) is 6.07 Å². The second kappa shape index (κ2) is 4.97. The maximum atomic E-state index is 11.9. The van der Waals surface area contributed by atoms with Crippen LogP contribution in [0.5, 0.6) is 0 Å². The highest BCUT2D eigenvalue weighted by molar-refractivity contribution is 6.64. The first-order chi connectivity index (χ1) is 8.90. The van der Waals surface area contributed by atoms with Crippen molar-refractivity contribution in [3.05, 3.63) is 33.9 Å². The Morgan fingerprint density at radius 2 is 2.21 bits per heavy atom. The summed E-state index contributed by atoms with van der Waals surface area (Å²) >= 11 is 5.40. The number of anilines is 1. The highest BCUT2D eigenvalue weighted by Crippen LogP contribution is 2.31. The second-order valence-electron chi connectivity index (χ2n) is 4.44. The fraction of sp³-hybridized carbons (Fsp3) is 0.333. The Morgan fingerprint density at radius 1 is 1.53 bits per heavy atom. The number of rotatable bonds is 3. The van der Waals surface area contributed by atoms with Crippen LogP contribution in [0, 0.1) is 23.0 Å². The number of nitro groups is 1. The van der Waals surface area contributed by atoms with Gasteiger partial charge in [0.2, 0.25) is 11.1 Å². The fourth-order valence-corrected chi connectivity index (χ4v) is 2.24. The van der Waals surface area contributed by atoms with Crippen molar-refractivity contribution in [3.63, 3.8) is 0 Å². The lowest BCUT2D eigenvalue weighted by Crippen LogP contribution is -2.26. The quantitative estimate of drug-likeness (QED) is 0.482. The molecule has 0 bridgehead atoms. The average molecular weight is 283 g/mol. The van der Waals surface area contributed by atoms with Gasteiger partial charge in [0.1, 0.15) is 0 Å². The molecule has 7 heteroatoms. The summed E-state index contributed by atoms with van der Waals surface area (Å²) < 4.78 is 0. The Labute approximate surface area is 114 Å². The summed E-state index contributed by atoms with van der Waals surface area (Å²) in [5.74, 6) is -0.796. The molecule has 1 amide bonds. The Balaban J connectivity index is 2.36. The fourth-order valence-electron chi connectivity index (χ4n) is 2.09. The number of carbonyl (C=O) groups excluding carboxylic acids is 2. The first-order valence-electron chi connectivity index (χ1n) is 5.65. The molecule has 1 aromatic rings. The molecule has 100 valence electrons. The van der Waals surface area contributed by atoms with Crippen LogP contribution in [0.25, 0.3) is 0 Å². The molecule has 1 heterocycles. The van der Waals surface area contributed by atoms with E-state index in [2.05, 4.69) is 0 Å². The summed E-state index contributed by atoms with van der Waals surface area (Å²) in [6, 6.07) is 4.30. The number of hydrogen-bond acceptors (Lipinski definition) is 4. The summed E-state index contributed by atoms with van der Waals surface area (Å²) in [6.07, 6.45) is 0.0461. The van der Waals surface area contributed by atoms with Gasteiger partial charge in [-0.05, 0) is 24.1 Å².